The van der Waals surface area contributed by atoms with Crippen molar-refractivity contribution < 1.29 is 4.79 Å². The minimum atomic E-state index is -0.200. The molecular weight excluding hydrogens is 273 g/mol. The molecule has 1 N–H and O–H groups in total. The van der Waals surface area contributed by atoms with E-state index in [-0.39, 0.29) is 17.4 Å². The van der Waals surface area contributed by atoms with E-state index in [9.17, 15) is 4.79 Å². The first-order chi connectivity index (χ1) is 8.66. The van der Waals surface area contributed by atoms with Crippen LogP contribution in [0.2, 0.25) is 10.0 Å². The molecule has 0 aliphatic heterocycles. The Morgan fingerprint density at radius 2 is 2.06 bits per heavy atom. The van der Waals surface area contributed by atoms with Gasteiger partial charge in [0.2, 0.25) is 5.91 Å². The number of pyridine rings is 2. The van der Waals surface area contributed by atoms with Crippen LogP contribution in [0.3, 0.4) is 0 Å². The van der Waals surface area contributed by atoms with Crippen LogP contribution in [-0.4, -0.2) is 15.9 Å². The van der Waals surface area contributed by atoms with Crippen LogP contribution in [0, 0.1) is 0 Å². The standard InChI is InChI=1S/C12H9Cl2N3O/c13-9-6-16-7-10(12(9)14)17-11(18)4-8-2-1-3-15-5-8/h1-3,5-7H,4H2,(H,17,18). The van der Waals surface area contributed by atoms with Crippen LogP contribution in [-0.2, 0) is 11.2 Å². The number of nitrogens with one attached hydrogen (secondary N) is 1. The lowest BCUT2D eigenvalue weighted by Crippen LogP contribution is -2.15. The molecule has 0 aliphatic carbocycles. The average molecular weight is 282 g/mol. The maximum atomic E-state index is 11.8. The quantitative estimate of drug-likeness (QED) is 0.941. The molecule has 0 unspecified atom stereocenters. The molecule has 1 amide bonds. The van der Waals surface area contributed by atoms with E-state index < -0.39 is 0 Å². The second-order valence-electron chi connectivity index (χ2n) is 3.57. The van der Waals surface area contributed by atoms with Crippen molar-refractivity contribution in [1.82, 2.24) is 9.97 Å². The van der Waals surface area contributed by atoms with Gasteiger partial charge in [-0.3, -0.25) is 14.8 Å². The van der Waals surface area contributed by atoms with Gasteiger partial charge in [0.05, 0.1) is 28.4 Å². The van der Waals surface area contributed by atoms with E-state index in [1.807, 2.05) is 6.07 Å². The molecule has 0 aliphatic rings. The first-order valence-electron chi connectivity index (χ1n) is 5.14. The maximum absolute atomic E-state index is 11.8. The molecule has 0 saturated heterocycles. The summed E-state index contributed by atoms with van der Waals surface area (Å²) in [5, 5.41) is 3.24. The Morgan fingerprint density at radius 1 is 1.22 bits per heavy atom. The van der Waals surface area contributed by atoms with Crippen LogP contribution in [0.25, 0.3) is 0 Å². The number of aromatic nitrogens is 2. The number of hydrogen-bond acceptors (Lipinski definition) is 3. The zero-order chi connectivity index (χ0) is 13.0. The molecule has 0 aromatic carbocycles. The van der Waals surface area contributed by atoms with Gasteiger partial charge < -0.3 is 5.32 Å². The number of nitrogens with zero attached hydrogens (tertiary/aromatic N) is 2. The summed E-state index contributed by atoms with van der Waals surface area (Å²) in [6, 6.07) is 3.60. The molecule has 0 spiro atoms. The minimum absolute atomic E-state index is 0.200. The van der Waals surface area contributed by atoms with E-state index in [1.54, 1.807) is 18.5 Å². The van der Waals surface area contributed by atoms with Crippen molar-refractivity contribution in [2.75, 3.05) is 5.32 Å². The maximum Gasteiger partial charge on any atom is 0.228 e. The Bertz CT molecular complexity index is 561. The lowest BCUT2D eigenvalue weighted by atomic mass is 10.2. The highest BCUT2D eigenvalue weighted by Crippen LogP contribution is 2.28. The van der Waals surface area contributed by atoms with Gasteiger partial charge in [0, 0.05) is 18.6 Å². The van der Waals surface area contributed by atoms with Crippen molar-refractivity contribution >= 4 is 34.8 Å². The Morgan fingerprint density at radius 3 is 2.78 bits per heavy atom. The topological polar surface area (TPSA) is 54.9 Å². The first kappa shape index (κ1) is 12.8. The summed E-state index contributed by atoms with van der Waals surface area (Å²) < 4.78 is 0. The molecule has 0 fully saturated rings. The summed E-state index contributed by atoms with van der Waals surface area (Å²) in [6.45, 7) is 0. The highest BCUT2D eigenvalue weighted by Gasteiger charge is 2.09. The normalized spacial score (nSPS) is 10.1. The van der Waals surface area contributed by atoms with Gasteiger partial charge in [-0.25, -0.2) is 0 Å². The Kier molecular flexibility index (Phi) is 4.12. The second-order valence-corrected chi connectivity index (χ2v) is 4.35. The van der Waals surface area contributed by atoms with Crippen LogP contribution < -0.4 is 5.32 Å². The first-order valence-corrected chi connectivity index (χ1v) is 5.90. The van der Waals surface area contributed by atoms with Crippen LogP contribution in [0.1, 0.15) is 5.56 Å². The zero-order valence-electron chi connectivity index (χ0n) is 9.23. The second kappa shape index (κ2) is 5.80. The lowest BCUT2D eigenvalue weighted by Gasteiger charge is -2.07. The number of anilines is 1. The predicted molar refractivity (Wildman–Crippen MR) is 70.8 cm³/mol. The number of hydrogen-bond donors (Lipinski definition) is 1. The van der Waals surface area contributed by atoms with Crippen LogP contribution in [0.15, 0.2) is 36.9 Å². The fraction of sp³-hybridized carbons (Fsp3) is 0.0833. The van der Waals surface area contributed by atoms with Crippen molar-refractivity contribution in [3.8, 4) is 0 Å². The minimum Gasteiger partial charge on any atom is -0.323 e. The third-order valence-electron chi connectivity index (χ3n) is 2.20. The summed E-state index contributed by atoms with van der Waals surface area (Å²) in [7, 11) is 0. The van der Waals surface area contributed by atoms with Gasteiger partial charge >= 0.3 is 0 Å². The summed E-state index contributed by atoms with van der Waals surface area (Å²) in [4.78, 5) is 19.6. The van der Waals surface area contributed by atoms with Gasteiger partial charge in [0.25, 0.3) is 0 Å². The molecule has 18 heavy (non-hydrogen) atoms. The molecular formula is C12H9Cl2N3O. The van der Waals surface area contributed by atoms with Crippen molar-refractivity contribution in [2.24, 2.45) is 0 Å². The Hall–Kier alpha value is -1.65. The smallest absolute Gasteiger partial charge is 0.228 e. The fourth-order valence-electron chi connectivity index (χ4n) is 1.39. The van der Waals surface area contributed by atoms with E-state index in [2.05, 4.69) is 15.3 Å². The summed E-state index contributed by atoms with van der Waals surface area (Å²) >= 11 is 11.7. The average Bonchev–Trinajstić information content (AvgIpc) is 2.36. The van der Waals surface area contributed by atoms with E-state index in [1.165, 1.54) is 12.4 Å². The molecule has 0 radical (unpaired) electrons. The zero-order valence-corrected chi connectivity index (χ0v) is 10.7. The molecule has 4 nitrogen and oxygen atoms in total. The number of rotatable bonds is 3. The van der Waals surface area contributed by atoms with Crippen molar-refractivity contribution in [1.29, 1.82) is 0 Å². The third-order valence-corrected chi connectivity index (χ3v) is 2.99. The fourth-order valence-corrected chi connectivity index (χ4v) is 1.69. The van der Waals surface area contributed by atoms with E-state index in [0.717, 1.165) is 5.56 Å². The monoisotopic (exact) mass is 281 g/mol. The Balaban J connectivity index is 2.06. The number of carbonyl (C=O) groups is 1. The Labute approximate surface area is 114 Å². The van der Waals surface area contributed by atoms with Crippen LogP contribution in [0.4, 0.5) is 5.69 Å². The summed E-state index contributed by atoms with van der Waals surface area (Å²) in [5.74, 6) is -0.200. The molecule has 6 heteroatoms. The van der Waals surface area contributed by atoms with Gasteiger partial charge in [-0.2, -0.15) is 0 Å². The highest BCUT2D eigenvalue weighted by molar-refractivity contribution is 6.43. The van der Waals surface area contributed by atoms with Crippen molar-refractivity contribution in [3.63, 3.8) is 0 Å². The van der Waals surface area contributed by atoms with E-state index in [0.29, 0.717) is 10.7 Å². The summed E-state index contributed by atoms with van der Waals surface area (Å²) in [6.07, 6.45) is 6.38. The molecule has 0 bridgehead atoms. The number of carbonyl (C=O) groups excluding carboxylic acids is 1. The number of amides is 1. The van der Waals surface area contributed by atoms with E-state index in [4.69, 9.17) is 23.2 Å². The van der Waals surface area contributed by atoms with Crippen LogP contribution >= 0.6 is 23.2 Å². The van der Waals surface area contributed by atoms with Gasteiger partial charge in [0.1, 0.15) is 0 Å². The molecule has 2 heterocycles. The highest BCUT2D eigenvalue weighted by atomic mass is 35.5. The predicted octanol–water partition coefficient (Wildman–Crippen LogP) is 2.96. The molecule has 2 aromatic rings. The van der Waals surface area contributed by atoms with Gasteiger partial charge in [-0.1, -0.05) is 29.3 Å². The largest absolute Gasteiger partial charge is 0.323 e. The van der Waals surface area contributed by atoms with Gasteiger partial charge in [0.15, 0.2) is 0 Å². The van der Waals surface area contributed by atoms with Gasteiger partial charge in [-0.15, -0.1) is 0 Å². The molecule has 0 saturated carbocycles. The molecule has 2 rings (SSSR count). The van der Waals surface area contributed by atoms with Crippen molar-refractivity contribution in [2.45, 2.75) is 6.42 Å². The third kappa shape index (κ3) is 3.18. The molecule has 0 atom stereocenters. The van der Waals surface area contributed by atoms with E-state index >= 15 is 0 Å². The molecule has 2 aromatic heterocycles. The summed E-state index contributed by atoms with van der Waals surface area (Å²) in [5.41, 5.74) is 1.22. The van der Waals surface area contributed by atoms with Crippen LogP contribution in [0.5, 0.6) is 0 Å². The van der Waals surface area contributed by atoms with Gasteiger partial charge in [-0.05, 0) is 11.6 Å². The van der Waals surface area contributed by atoms with Crippen molar-refractivity contribution in [3.05, 3.63) is 52.5 Å². The number of halogens is 2. The SMILES string of the molecule is O=C(Cc1cccnc1)Nc1cncc(Cl)c1Cl. The lowest BCUT2D eigenvalue weighted by molar-refractivity contribution is -0.115. The molecule has 92 valence electrons.